The lowest BCUT2D eigenvalue weighted by molar-refractivity contribution is 0.0957. The van der Waals surface area contributed by atoms with Crippen molar-refractivity contribution in [3.63, 3.8) is 0 Å². The molecule has 0 spiro atoms. The number of fused-ring (bicyclic) bond motifs is 2. The van der Waals surface area contributed by atoms with E-state index in [1.165, 1.54) is 0 Å². The number of nitrogens with zero attached hydrogens (tertiary/aromatic N) is 1. The van der Waals surface area contributed by atoms with Crippen LogP contribution in [0.2, 0.25) is 0 Å². The SMILES string of the molecule is NNC(=O)c1c2ccccc2nc2ccccc12. The largest absolute Gasteiger partial charge is 0.290 e. The number of benzene rings is 2. The molecule has 1 amide bonds. The minimum absolute atomic E-state index is 0.301. The summed E-state index contributed by atoms with van der Waals surface area (Å²) in [5, 5.41) is 1.61. The summed E-state index contributed by atoms with van der Waals surface area (Å²) in [4.78, 5) is 16.5. The maximum atomic E-state index is 12.0. The minimum atomic E-state index is -0.301. The number of hydrogen-bond acceptors (Lipinski definition) is 3. The Kier molecular flexibility index (Phi) is 2.42. The summed E-state index contributed by atoms with van der Waals surface area (Å²) >= 11 is 0. The average molecular weight is 237 g/mol. The van der Waals surface area contributed by atoms with Gasteiger partial charge in [-0.25, -0.2) is 10.8 Å². The molecule has 3 N–H and O–H groups in total. The molecule has 1 heterocycles. The van der Waals surface area contributed by atoms with Gasteiger partial charge in [0.05, 0.1) is 16.6 Å². The van der Waals surface area contributed by atoms with Gasteiger partial charge in [0, 0.05) is 10.8 Å². The number of rotatable bonds is 1. The van der Waals surface area contributed by atoms with E-state index in [9.17, 15) is 4.79 Å². The van der Waals surface area contributed by atoms with Crippen LogP contribution in [0, 0.1) is 0 Å². The number of hydrazine groups is 1. The zero-order chi connectivity index (χ0) is 12.5. The molecule has 4 heteroatoms. The highest BCUT2D eigenvalue weighted by Gasteiger charge is 2.14. The van der Waals surface area contributed by atoms with E-state index in [0.29, 0.717) is 5.56 Å². The first-order chi connectivity index (χ1) is 8.81. The predicted molar refractivity (Wildman–Crippen MR) is 70.9 cm³/mol. The van der Waals surface area contributed by atoms with Crippen molar-refractivity contribution in [3.8, 4) is 0 Å². The predicted octanol–water partition coefficient (Wildman–Crippen LogP) is 1.99. The molecule has 0 bridgehead atoms. The zero-order valence-electron chi connectivity index (χ0n) is 9.55. The van der Waals surface area contributed by atoms with Gasteiger partial charge < -0.3 is 0 Å². The fourth-order valence-electron chi connectivity index (χ4n) is 2.16. The molecule has 18 heavy (non-hydrogen) atoms. The normalized spacial score (nSPS) is 10.7. The number of aromatic nitrogens is 1. The minimum Gasteiger partial charge on any atom is -0.290 e. The van der Waals surface area contributed by atoms with Crippen molar-refractivity contribution in [2.45, 2.75) is 0 Å². The molecule has 0 fully saturated rings. The van der Waals surface area contributed by atoms with Crippen LogP contribution < -0.4 is 11.3 Å². The molecule has 4 nitrogen and oxygen atoms in total. The first-order valence-corrected chi connectivity index (χ1v) is 5.59. The third-order valence-electron chi connectivity index (χ3n) is 2.95. The molecule has 0 unspecified atom stereocenters. The maximum absolute atomic E-state index is 12.0. The monoisotopic (exact) mass is 237 g/mol. The Bertz CT molecular complexity index is 698. The topological polar surface area (TPSA) is 68.0 Å². The summed E-state index contributed by atoms with van der Waals surface area (Å²) in [5.74, 6) is 4.97. The molecule has 3 rings (SSSR count). The van der Waals surface area contributed by atoms with E-state index >= 15 is 0 Å². The van der Waals surface area contributed by atoms with Crippen LogP contribution in [0.5, 0.6) is 0 Å². The molecule has 3 aromatic rings. The molecule has 0 saturated carbocycles. The maximum Gasteiger partial charge on any atom is 0.266 e. The number of carbonyl (C=O) groups excluding carboxylic acids is 1. The van der Waals surface area contributed by atoms with Gasteiger partial charge in [-0.15, -0.1) is 0 Å². The van der Waals surface area contributed by atoms with E-state index in [1.54, 1.807) is 0 Å². The number of carbonyl (C=O) groups is 1. The standard InChI is InChI=1S/C14H11N3O/c15-17-14(18)13-9-5-1-3-7-11(9)16-12-8-4-2-6-10(12)13/h1-8H,15H2,(H,17,18). The number of hydrogen-bond donors (Lipinski definition) is 2. The van der Waals surface area contributed by atoms with Gasteiger partial charge >= 0.3 is 0 Å². The Balaban J connectivity index is 2.53. The second-order valence-corrected chi connectivity index (χ2v) is 3.99. The van der Waals surface area contributed by atoms with Gasteiger partial charge in [-0.1, -0.05) is 36.4 Å². The Labute approximate surface area is 103 Å². The number of nitrogen functional groups attached to an aromatic ring is 1. The van der Waals surface area contributed by atoms with Crippen LogP contribution in [-0.4, -0.2) is 10.9 Å². The van der Waals surface area contributed by atoms with Crippen molar-refractivity contribution < 1.29 is 4.79 Å². The number of nitrogens with two attached hydrogens (primary N) is 1. The van der Waals surface area contributed by atoms with Crippen LogP contribution in [0.4, 0.5) is 0 Å². The number of nitrogens with one attached hydrogen (secondary N) is 1. The highest BCUT2D eigenvalue weighted by molar-refractivity contribution is 6.16. The first-order valence-electron chi connectivity index (χ1n) is 5.59. The summed E-state index contributed by atoms with van der Waals surface area (Å²) < 4.78 is 0. The third-order valence-corrected chi connectivity index (χ3v) is 2.95. The third kappa shape index (κ3) is 1.51. The Morgan fingerprint density at radius 1 is 0.944 bits per heavy atom. The van der Waals surface area contributed by atoms with E-state index in [1.807, 2.05) is 48.5 Å². The second-order valence-electron chi connectivity index (χ2n) is 3.99. The van der Waals surface area contributed by atoms with Crippen molar-refractivity contribution >= 4 is 27.7 Å². The van der Waals surface area contributed by atoms with Gasteiger partial charge in [0.1, 0.15) is 0 Å². The van der Waals surface area contributed by atoms with Crippen LogP contribution in [0.25, 0.3) is 21.8 Å². The zero-order valence-corrected chi connectivity index (χ0v) is 9.55. The van der Waals surface area contributed by atoms with E-state index < -0.39 is 0 Å². The summed E-state index contributed by atoms with van der Waals surface area (Å²) in [7, 11) is 0. The van der Waals surface area contributed by atoms with E-state index in [4.69, 9.17) is 5.84 Å². The van der Waals surface area contributed by atoms with E-state index in [0.717, 1.165) is 21.8 Å². The van der Waals surface area contributed by atoms with Crippen molar-refractivity contribution in [1.82, 2.24) is 10.4 Å². The van der Waals surface area contributed by atoms with Crippen LogP contribution in [0.3, 0.4) is 0 Å². The Hall–Kier alpha value is -2.46. The highest BCUT2D eigenvalue weighted by atomic mass is 16.2. The van der Waals surface area contributed by atoms with Gasteiger partial charge in [-0.3, -0.25) is 10.2 Å². The lowest BCUT2D eigenvalue weighted by atomic mass is 10.0. The van der Waals surface area contributed by atoms with E-state index in [2.05, 4.69) is 10.4 Å². The fourth-order valence-corrected chi connectivity index (χ4v) is 2.16. The van der Waals surface area contributed by atoms with Gasteiger partial charge in [-0.05, 0) is 12.1 Å². The van der Waals surface area contributed by atoms with Crippen LogP contribution in [0.1, 0.15) is 10.4 Å². The first kappa shape index (κ1) is 10.7. The summed E-state index contributed by atoms with van der Waals surface area (Å²) in [6.07, 6.45) is 0. The molecule has 1 aromatic heterocycles. The average Bonchev–Trinajstić information content (AvgIpc) is 2.44. The van der Waals surface area contributed by atoms with Gasteiger partial charge in [-0.2, -0.15) is 0 Å². The van der Waals surface area contributed by atoms with Crippen molar-refractivity contribution in [1.29, 1.82) is 0 Å². The van der Waals surface area contributed by atoms with Crippen LogP contribution in [-0.2, 0) is 0 Å². The van der Waals surface area contributed by atoms with Crippen LogP contribution in [0.15, 0.2) is 48.5 Å². The summed E-state index contributed by atoms with van der Waals surface area (Å²) in [6, 6.07) is 15.1. The quantitative estimate of drug-likeness (QED) is 0.294. The number of amides is 1. The highest BCUT2D eigenvalue weighted by Crippen LogP contribution is 2.25. The van der Waals surface area contributed by atoms with Gasteiger partial charge in [0.2, 0.25) is 0 Å². The van der Waals surface area contributed by atoms with Crippen molar-refractivity contribution in [2.24, 2.45) is 5.84 Å². The molecule has 0 aliphatic heterocycles. The molecule has 0 radical (unpaired) electrons. The molecule has 0 saturated heterocycles. The Morgan fingerprint density at radius 2 is 1.44 bits per heavy atom. The van der Waals surface area contributed by atoms with Gasteiger partial charge in [0.25, 0.3) is 5.91 Å². The van der Waals surface area contributed by atoms with Crippen LogP contribution >= 0.6 is 0 Å². The molecule has 0 aliphatic rings. The molecule has 88 valence electrons. The lowest BCUT2D eigenvalue weighted by Gasteiger charge is -2.09. The fraction of sp³-hybridized carbons (Fsp3) is 0. The molecular weight excluding hydrogens is 226 g/mol. The lowest BCUT2D eigenvalue weighted by Crippen LogP contribution is -2.30. The summed E-state index contributed by atoms with van der Waals surface area (Å²) in [5.41, 5.74) is 4.34. The van der Waals surface area contributed by atoms with Gasteiger partial charge in [0.15, 0.2) is 0 Å². The number of pyridine rings is 1. The second kappa shape index (κ2) is 4.09. The molecular formula is C14H11N3O. The van der Waals surface area contributed by atoms with Crippen molar-refractivity contribution in [2.75, 3.05) is 0 Å². The molecule has 2 aromatic carbocycles. The molecule has 0 atom stereocenters. The molecule has 0 aliphatic carbocycles. The number of para-hydroxylation sites is 2. The Morgan fingerprint density at radius 3 is 1.94 bits per heavy atom. The van der Waals surface area contributed by atoms with E-state index in [-0.39, 0.29) is 5.91 Å². The summed E-state index contributed by atoms with van der Waals surface area (Å²) in [6.45, 7) is 0. The smallest absolute Gasteiger partial charge is 0.266 e. The van der Waals surface area contributed by atoms with Crippen molar-refractivity contribution in [3.05, 3.63) is 54.1 Å².